The van der Waals surface area contributed by atoms with E-state index < -0.39 is 5.41 Å². The second-order valence-electron chi connectivity index (χ2n) is 6.77. The normalized spacial score (nSPS) is 40.1. The molecule has 5 atom stereocenters. The number of likely N-dealkylation sites (N-methyl/N-ethyl adjacent to an activating group) is 1. The first-order valence-electron chi connectivity index (χ1n) is 7.68. The van der Waals surface area contributed by atoms with E-state index in [0.717, 1.165) is 30.5 Å². The van der Waals surface area contributed by atoms with E-state index in [-0.39, 0.29) is 28.2 Å². The molecule has 3 unspecified atom stereocenters. The lowest BCUT2D eigenvalue weighted by molar-refractivity contribution is 0.0313. The third-order valence-corrected chi connectivity index (χ3v) is 6.84. The van der Waals surface area contributed by atoms with E-state index in [2.05, 4.69) is 11.9 Å². The van der Waals surface area contributed by atoms with Crippen LogP contribution >= 0.6 is 23.2 Å². The number of benzene rings is 1. The molecule has 0 amide bonds. The molecule has 118 valence electrons. The minimum absolute atomic E-state index is 0.0182. The third-order valence-electron chi connectivity index (χ3n) is 5.89. The number of hydrogen-bond donors (Lipinski definition) is 2. The van der Waals surface area contributed by atoms with Crippen molar-refractivity contribution in [2.24, 2.45) is 5.92 Å². The van der Waals surface area contributed by atoms with Gasteiger partial charge in [-0.05, 0) is 38.1 Å². The van der Waals surface area contributed by atoms with Crippen LogP contribution in [0.3, 0.4) is 0 Å². The molecule has 0 spiro atoms. The van der Waals surface area contributed by atoms with Crippen LogP contribution in [-0.4, -0.2) is 45.5 Å². The fourth-order valence-electron chi connectivity index (χ4n) is 4.87. The Morgan fingerprint density at radius 2 is 2.00 bits per heavy atom. The molecular formula is C17H19Cl2NO2. The maximum absolute atomic E-state index is 10.6. The van der Waals surface area contributed by atoms with E-state index in [1.165, 1.54) is 0 Å². The molecule has 1 aromatic carbocycles. The fraction of sp³-hybridized carbons (Fsp3) is 0.529. The van der Waals surface area contributed by atoms with Gasteiger partial charge < -0.3 is 15.1 Å². The summed E-state index contributed by atoms with van der Waals surface area (Å²) in [6.45, 7) is 0.913. The molecule has 1 fully saturated rings. The van der Waals surface area contributed by atoms with Crippen molar-refractivity contribution in [2.75, 3.05) is 13.6 Å². The summed E-state index contributed by atoms with van der Waals surface area (Å²) in [5.41, 5.74) is 1.49. The molecule has 2 N–H and O–H groups in total. The van der Waals surface area contributed by atoms with Gasteiger partial charge in [-0.1, -0.05) is 18.2 Å². The molecule has 1 saturated heterocycles. The zero-order chi connectivity index (χ0) is 15.6. The van der Waals surface area contributed by atoms with Crippen LogP contribution in [0, 0.1) is 5.92 Å². The van der Waals surface area contributed by atoms with Gasteiger partial charge in [0.15, 0.2) is 11.5 Å². The predicted molar refractivity (Wildman–Crippen MR) is 88.1 cm³/mol. The number of rotatable bonds is 0. The van der Waals surface area contributed by atoms with E-state index in [1.807, 2.05) is 18.2 Å². The van der Waals surface area contributed by atoms with Crippen LogP contribution in [0.1, 0.15) is 17.5 Å². The molecule has 0 saturated carbocycles. The summed E-state index contributed by atoms with van der Waals surface area (Å²) < 4.78 is 0. The van der Waals surface area contributed by atoms with Gasteiger partial charge in [-0.15, -0.1) is 23.2 Å². The van der Waals surface area contributed by atoms with Crippen molar-refractivity contribution in [2.45, 2.75) is 35.1 Å². The number of aromatic hydroxyl groups is 2. The fourth-order valence-corrected chi connectivity index (χ4v) is 5.80. The topological polar surface area (TPSA) is 43.7 Å². The van der Waals surface area contributed by atoms with Gasteiger partial charge >= 0.3 is 0 Å². The Kier molecular flexibility index (Phi) is 3.20. The average Bonchev–Trinajstić information content (AvgIpc) is 2.50. The van der Waals surface area contributed by atoms with Crippen molar-refractivity contribution >= 4 is 23.2 Å². The number of halogens is 2. The molecule has 0 radical (unpaired) electrons. The standard InChI is InChI=1S/C17H19Cl2NO2/c1-20-7-6-17-13(19)5-3-10(18)15(17)11(20)8-9-2-4-12(21)16(22)14(9)17/h2-5,10-11,13,15,21-22H,6-8H2,1H3/t10?,11-,13?,15?,17-/m1/s1. The lowest BCUT2D eigenvalue weighted by Gasteiger charge is -2.59. The highest BCUT2D eigenvalue weighted by molar-refractivity contribution is 6.25. The first-order valence-corrected chi connectivity index (χ1v) is 8.55. The molecule has 22 heavy (non-hydrogen) atoms. The largest absolute Gasteiger partial charge is 0.504 e. The minimum Gasteiger partial charge on any atom is -0.504 e. The van der Waals surface area contributed by atoms with Gasteiger partial charge in [0.25, 0.3) is 0 Å². The number of allylic oxidation sites excluding steroid dienone is 2. The van der Waals surface area contributed by atoms with Crippen molar-refractivity contribution in [1.82, 2.24) is 4.90 Å². The first kappa shape index (κ1) is 14.7. The van der Waals surface area contributed by atoms with Crippen molar-refractivity contribution < 1.29 is 10.2 Å². The Morgan fingerprint density at radius 3 is 2.77 bits per heavy atom. The van der Waals surface area contributed by atoms with E-state index in [4.69, 9.17) is 23.2 Å². The Morgan fingerprint density at radius 1 is 1.23 bits per heavy atom. The molecular weight excluding hydrogens is 321 g/mol. The molecule has 1 aromatic rings. The van der Waals surface area contributed by atoms with E-state index in [1.54, 1.807) is 6.07 Å². The van der Waals surface area contributed by atoms with Crippen LogP contribution in [0.5, 0.6) is 11.5 Å². The van der Waals surface area contributed by atoms with Crippen LogP contribution in [0.25, 0.3) is 0 Å². The van der Waals surface area contributed by atoms with E-state index in [0.29, 0.717) is 6.04 Å². The summed E-state index contributed by atoms with van der Waals surface area (Å²) in [5, 5.41) is 20.2. The molecule has 5 heteroatoms. The second-order valence-corrected chi connectivity index (χ2v) is 7.74. The van der Waals surface area contributed by atoms with Crippen LogP contribution < -0.4 is 0 Å². The summed E-state index contributed by atoms with van der Waals surface area (Å²) in [5.74, 6) is 0.0460. The van der Waals surface area contributed by atoms with E-state index in [9.17, 15) is 10.2 Å². The van der Waals surface area contributed by atoms with Gasteiger partial charge in [0.2, 0.25) is 0 Å². The number of hydrogen-bond acceptors (Lipinski definition) is 3. The maximum Gasteiger partial charge on any atom is 0.161 e. The quantitative estimate of drug-likeness (QED) is 0.434. The van der Waals surface area contributed by atoms with Gasteiger partial charge in [-0.2, -0.15) is 0 Å². The van der Waals surface area contributed by atoms with Crippen LogP contribution in [-0.2, 0) is 11.8 Å². The predicted octanol–water partition coefficient (Wildman–Crippen LogP) is 3.00. The third kappa shape index (κ3) is 1.68. The Labute approximate surface area is 140 Å². The summed E-state index contributed by atoms with van der Waals surface area (Å²) >= 11 is 13.4. The summed E-state index contributed by atoms with van der Waals surface area (Å²) in [6.07, 6.45) is 5.60. The van der Waals surface area contributed by atoms with Crippen molar-refractivity contribution in [3.05, 3.63) is 35.4 Å². The monoisotopic (exact) mass is 339 g/mol. The summed E-state index contributed by atoms with van der Waals surface area (Å²) in [6, 6.07) is 3.79. The lowest BCUT2D eigenvalue weighted by atomic mass is 9.53. The SMILES string of the molecule is CN1CC[C@@]23c4c(ccc(O)c4O)C[C@@H]1C2C(Cl)C=CC3Cl. The smallest absolute Gasteiger partial charge is 0.161 e. The molecule has 1 heterocycles. The molecule has 2 aliphatic carbocycles. The Bertz CT molecular complexity index is 662. The summed E-state index contributed by atoms with van der Waals surface area (Å²) in [7, 11) is 2.13. The van der Waals surface area contributed by atoms with Gasteiger partial charge in [0.05, 0.1) is 10.8 Å². The van der Waals surface area contributed by atoms with Crippen molar-refractivity contribution in [1.29, 1.82) is 0 Å². The highest BCUT2D eigenvalue weighted by atomic mass is 35.5. The van der Waals surface area contributed by atoms with Gasteiger partial charge in [-0.3, -0.25) is 0 Å². The highest BCUT2D eigenvalue weighted by Crippen LogP contribution is 2.59. The number of phenolic OH excluding ortho intramolecular Hbond substituents is 2. The zero-order valence-corrected chi connectivity index (χ0v) is 13.8. The van der Waals surface area contributed by atoms with Crippen LogP contribution in [0.2, 0.25) is 0 Å². The average molecular weight is 340 g/mol. The zero-order valence-electron chi connectivity index (χ0n) is 12.3. The molecule has 3 nitrogen and oxygen atoms in total. The van der Waals surface area contributed by atoms with Crippen LogP contribution in [0.15, 0.2) is 24.3 Å². The number of piperidine rings is 1. The van der Waals surface area contributed by atoms with Crippen molar-refractivity contribution in [3.8, 4) is 11.5 Å². The number of nitrogens with zero attached hydrogens (tertiary/aromatic N) is 1. The number of fused-ring (bicyclic) bond motifs is 1. The number of alkyl halides is 2. The lowest BCUT2D eigenvalue weighted by Crippen LogP contribution is -2.65. The molecule has 4 rings (SSSR count). The van der Waals surface area contributed by atoms with Gasteiger partial charge in [-0.25, -0.2) is 0 Å². The highest BCUT2D eigenvalue weighted by Gasteiger charge is 2.59. The van der Waals surface area contributed by atoms with Gasteiger partial charge in [0, 0.05) is 22.9 Å². The van der Waals surface area contributed by atoms with E-state index >= 15 is 0 Å². The second kappa shape index (κ2) is 4.80. The summed E-state index contributed by atoms with van der Waals surface area (Å²) in [4.78, 5) is 2.36. The number of likely N-dealkylation sites (tertiary alicyclic amines) is 1. The molecule has 0 aromatic heterocycles. The Balaban J connectivity index is 2.03. The van der Waals surface area contributed by atoms with Crippen molar-refractivity contribution in [3.63, 3.8) is 0 Å². The number of phenols is 2. The van der Waals surface area contributed by atoms with Gasteiger partial charge in [0.1, 0.15) is 0 Å². The van der Waals surface area contributed by atoms with Crippen LogP contribution in [0.4, 0.5) is 0 Å². The molecule has 1 aliphatic heterocycles. The molecule has 3 aliphatic rings. The Hall–Kier alpha value is -0.900. The maximum atomic E-state index is 10.6. The minimum atomic E-state index is -0.406. The first-order chi connectivity index (χ1) is 10.5. The molecule has 2 bridgehead atoms.